The predicted molar refractivity (Wildman–Crippen MR) is 117 cm³/mol. The van der Waals surface area contributed by atoms with Gasteiger partial charge in [0.1, 0.15) is 0 Å². The van der Waals surface area contributed by atoms with E-state index in [1.165, 1.54) is 16.4 Å². The first-order valence-electron chi connectivity index (χ1n) is 10.5. The molecule has 1 fully saturated rings. The summed E-state index contributed by atoms with van der Waals surface area (Å²) in [5, 5.41) is 5.18. The SMILES string of the molecule is O=C(CNC(=O)c1ccc2c(c1)OCO2)Nc1cccc(S(=O)(=O)N2CCCCCC2)c1. The Morgan fingerprint density at radius 3 is 2.47 bits per heavy atom. The number of amides is 2. The molecule has 0 spiro atoms. The van der Waals surface area contributed by atoms with Gasteiger partial charge < -0.3 is 20.1 Å². The normalized spacial score (nSPS) is 16.2. The highest BCUT2D eigenvalue weighted by atomic mass is 32.2. The van der Waals surface area contributed by atoms with Crippen LogP contribution in [0.15, 0.2) is 47.4 Å². The van der Waals surface area contributed by atoms with Gasteiger partial charge in [0.25, 0.3) is 5.91 Å². The van der Waals surface area contributed by atoms with E-state index in [1.54, 1.807) is 30.3 Å². The minimum Gasteiger partial charge on any atom is -0.454 e. The lowest BCUT2D eigenvalue weighted by atomic mass is 10.2. The number of benzene rings is 2. The van der Waals surface area contributed by atoms with E-state index in [2.05, 4.69) is 10.6 Å². The highest BCUT2D eigenvalue weighted by molar-refractivity contribution is 7.89. The Kier molecular flexibility index (Phi) is 6.61. The van der Waals surface area contributed by atoms with E-state index in [9.17, 15) is 18.0 Å². The van der Waals surface area contributed by atoms with E-state index in [0.29, 0.717) is 35.8 Å². The van der Waals surface area contributed by atoms with Gasteiger partial charge in [0.15, 0.2) is 11.5 Å². The molecular weight excluding hydrogens is 434 g/mol. The molecule has 2 N–H and O–H groups in total. The highest BCUT2D eigenvalue weighted by Gasteiger charge is 2.25. The summed E-state index contributed by atoms with van der Waals surface area (Å²) in [4.78, 5) is 24.8. The highest BCUT2D eigenvalue weighted by Crippen LogP contribution is 2.32. The van der Waals surface area contributed by atoms with Crippen molar-refractivity contribution < 1.29 is 27.5 Å². The number of nitrogens with zero attached hydrogens (tertiary/aromatic N) is 1. The Labute approximate surface area is 186 Å². The zero-order valence-electron chi connectivity index (χ0n) is 17.5. The molecule has 2 heterocycles. The molecule has 0 saturated carbocycles. The Hall–Kier alpha value is -3.11. The van der Waals surface area contributed by atoms with Gasteiger partial charge in [-0.25, -0.2) is 8.42 Å². The predicted octanol–water partition coefficient (Wildman–Crippen LogP) is 2.35. The number of fused-ring (bicyclic) bond motifs is 1. The molecule has 2 aromatic rings. The van der Waals surface area contributed by atoms with Gasteiger partial charge in [-0.1, -0.05) is 18.9 Å². The van der Waals surface area contributed by atoms with Gasteiger partial charge in [0.05, 0.1) is 11.4 Å². The Morgan fingerprint density at radius 2 is 1.69 bits per heavy atom. The van der Waals surface area contributed by atoms with E-state index in [0.717, 1.165) is 25.7 Å². The van der Waals surface area contributed by atoms with Gasteiger partial charge in [-0.3, -0.25) is 9.59 Å². The fraction of sp³-hybridized carbons (Fsp3) is 0.364. The zero-order chi connectivity index (χ0) is 22.6. The van der Waals surface area contributed by atoms with Crippen molar-refractivity contribution in [2.75, 3.05) is 31.7 Å². The number of carbonyl (C=O) groups is 2. The Balaban J connectivity index is 1.36. The van der Waals surface area contributed by atoms with Crippen LogP contribution in [0.4, 0.5) is 5.69 Å². The lowest BCUT2D eigenvalue weighted by molar-refractivity contribution is -0.115. The molecule has 0 aliphatic carbocycles. The van der Waals surface area contributed by atoms with Gasteiger partial charge in [0, 0.05) is 24.3 Å². The van der Waals surface area contributed by atoms with Crippen molar-refractivity contribution in [1.29, 1.82) is 0 Å². The molecule has 0 bridgehead atoms. The molecule has 2 aromatic carbocycles. The van der Waals surface area contributed by atoms with Crippen LogP contribution in [-0.4, -0.2) is 51.0 Å². The summed E-state index contributed by atoms with van der Waals surface area (Å²) in [6, 6.07) is 10.9. The maximum atomic E-state index is 13.0. The summed E-state index contributed by atoms with van der Waals surface area (Å²) >= 11 is 0. The Morgan fingerprint density at radius 1 is 0.938 bits per heavy atom. The van der Waals surface area contributed by atoms with Crippen LogP contribution in [0.25, 0.3) is 0 Å². The first-order valence-corrected chi connectivity index (χ1v) is 12.0. The molecule has 0 unspecified atom stereocenters. The molecule has 32 heavy (non-hydrogen) atoms. The minimum atomic E-state index is -3.62. The van der Waals surface area contributed by atoms with E-state index in [1.807, 2.05) is 0 Å². The Bertz CT molecular complexity index is 1110. The van der Waals surface area contributed by atoms with Crippen LogP contribution in [0.5, 0.6) is 11.5 Å². The standard InChI is InChI=1S/C22H25N3O6S/c26-21(14-23-22(27)16-8-9-19-20(12-16)31-15-30-19)24-17-6-5-7-18(13-17)32(28,29)25-10-3-1-2-4-11-25/h5-9,12-13H,1-4,10-11,14-15H2,(H,23,27)(H,24,26). The van der Waals surface area contributed by atoms with Crippen LogP contribution in [-0.2, 0) is 14.8 Å². The van der Waals surface area contributed by atoms with Gasteiger partial charge in [-0.15, -0.1) is 0 Å². The number of ether oxygens (including phenoxy) is 2. The lowest BCUT2D eigenvalue weighted by Crippen LogP contribution is -2.33. The van der Waals surface area contributed by atoms with Gasteiger partial charge >= 0.3 is 0 Å². The van der Waals surface area contributed by atoms with Crippen molar-refractivity contribution >= 4 is 27.5 Å². The number of hydrogen-bond acceptors (Lipinski definition) is 6. The second-order valence-corrected chi connectivity index (χ2v) is 9.58. The van der Waals surface area contributed by atoms with Crippen molar-refractivity contribution in [2.45, 2.75) is 30.6 Å². The van der Waals surface area contributed by atoms with E-state index in [-0.39, 0.29) is 18.2 Å². The first-order chi connectivity index (χ1) is 15.4. The van der Waals surface area contributed by atoms with Crippen molar-refractivity contribution in [2.24, 2.45) is 0 Å². The molecular formula is C22H25N3O6S. The quantitative estimate of drug-likeness (QED) is 0.686. The average Bonchev–Trinajstić information content (AvgIpc) is 3.08. The van der Waals surface area contributed by atoms with E-state index >= 15 is 0 Å². The fourth-order valence-corrected chi connectivity index (χ4v) is 5.23. The third-order valence-corrected chi connectivity index (χ3v) is 7.26. The van der Waals surface area contributed by atoms with Crippen LogP contribution < -0.4 is 20.1 Å². The summed E-state index contributed by atoms with van der Waals surface area (Å²) in [7, 11) is -3.62. The maximum absolute atomic E-state index is 13.0. The van der Waals surface area contributed by atoms with Crippen LogP contribution in [0.2, 0.25) is 0 Å². The molecule has 4 rings (SSSR count). The lowest BCUT2D eigenvalue weighted by Gasteiger charge is -2.20. The second-order valence-electron chi connectivity index (χ2n) is 7.65. The average molecular weight is 460 g/mol. The number of nitrogens with one attached hydrogen (secondary N) is 2. The summed E-state index contributed by atoms with van der Waals surface area (Å²) in [5.74, 6) is 0.137. The number of hydrogen-bond donors (Lipinski definition) is 2. The van der Waals surface area contributed by atoms with Crippen molar-refractivity contribution in [1.82, 2.24) is 9.62 Å². The minimum absolute atomic E-state index is 0.107. The number of sulfonamides is 1. The van der Waals surface area contributed by atoms with Crippen LogP contribution in [0.1, 0.15) is 36.0 Å². The first kappa shape index (κ1) is 22.1. The molecule has 2 amide bonds. The monoisotopic (exact) mass is 459 g/mol. The molecule has 1 saturated heterocycles. The van der Waals surface area contributed by atoms with Gasteiger partial charge in [0.2, 0.25) is 22.7 Å². The van der Waals surface area contributed by atoms with Crippen LogP contribution in [0.3, 0.4) is 0 Å². The molecule has 0 atom stereocenters. The third kappa shape index (κ3) is 5.03. The summed E-state index contributed by atoms with van der Waals surface area (Å²) < 4.78 is 37.9. The molecule has 9 nitrogen and oxygen atoms in total. The largest absolute Gasteiger partial charge is 0.454 e. The summed E-state index contributed by atoms with van der Waals surface area (Å²) in [6.07, 6.45) is 3.75. The molecule has 2 aliphatic rings. The molecule has 170 valence electrons. The number of carbonyl (C=O) groups excluding carboxylic acids is 2. The molecule has 10 heteroatoms. The number of rotatable bonds is 6. The molecule has 0 radical (unpaired) electrons. The zero-order valence-corrected chi connectivity index (χ0v) is 18.3. The number of anilines is 1. The van der Waals surface area contributed by atoms with Crippen molar-refractivity contribution in [3.8, 4) is 11.5 Å². The van der Waals surface area contributed by atoms with Gasteiger partial charge in [-0.2, -0.15) is 4.31 Å². The van der Waals surface area contributed by atoms with Crippen molar-refractivity contribution in [3.05, 3.63) is 48.0 Å². The summed E-state index contributed by atoms with van der Waals surface area (Å²) in [6.45, 7) is 0.849. The van der Waals surface area contributed by atoms with E-state index < -0.39 is 21.8 Å². The molecule has 0 aromatic heterocycles. The van der Waals surface area contributed by atoms with Gasteiger partial charge in [-0.05, 0) is 49.2 Å². The smallest absolute Gasteiger partial charge is 0.251 e. The fourth-order valence-electron chi connectivity index (χ4n) is 3.67. The van der Waals surface area contributed by atoms with Crippen molar-refractivity contribution in [3.63, 3.8) is 0 Å². The van der Waals surface area contributed by atoms with Crippen LogP contribution in [0, 0.1) is 0 Å². The topological polar surface area (TPSA) is 114 Å². The maximum Gasteiger partial charge on any atom is 0.251 e. The molecule has 2 aliphatic heterocycles. The second kappa shape index (κ2) is 9.58. The van der Waals surface area contributed by atoms with Crippen LogP contribution >= 0.6 is 0 Å². The van der Waals surface area contributed by atoms with E-state index in [4.69, 9.17) is 9.47 Å². The summed E-state index contributed by atoms with van der Waals surface area (Å²) in [5.41, 5.74) is 0.691. The third-order valence-electron chi connectivity index (χ3n) is 5.36.